The monoisotopic (exact) mass is 254 g/mol. The number of carbonyl (C=O) groups is 1. The zero-order valence-corrected chi connectivity index (χ0v) is 10.4. The molecular weight excluding hydrogens is 240 g/mol. The molecule has 0 bridgehead atoms. The van der Waals surface area contributed by atoms with Crippen molar-refractivity contribution < 1.29 is 9.90 Å². The summed E-state index contributed by atoms with van der Waals surface area (Å²) in [4.78, 5) is 17.9. The number of piperidine rings is 1. The van der Waals surface area contributed by atoms with E-state index in [0.29, 0.717) is 23.8 Å². The molecule has 1 atom stereocenters. The van der Waals surface area contributed by atoms with Gasteiger partial charge in [-0.2, -0.15) is 0 Å². The highest BCUT2D eigenvalue weighted by atomic mass is 35.5. The highest BCUT2D eigenvalue weighted by molar-refractivity contribution is 6.29. The zero-order chi connectivity index (χ0) is 12.4. The summed E-state index contributed by atoms with van der Waals surface area (Å²) in [6.07, 6.45) is 1.19. The van der Waals surface area contributed by atoms with Gasteiger partial charge in [-0.25, -0.2) is 4.98 Å². The van der Waals surface area contributed by atoms with Gasteiger partial charge in [0.1, 0.15) is 5.15 Å². The molecule has 0 radical (unpaired) electrons. The van der Waals surface area contributed by atoms with Crippen molar-refractivity contribution in [1.82, 2.24) is 9.88 Å². The van der Waals surface area contributed by atoms with Crippen LogP contribution in [0.2, 0.25) is 5.15 Å². The minimum absolute atomic E-state index is 0.0869. The third-order valence-electron chi connectivity index (χ3n) is 2.85. The Morgan fingerprint density at radius 3 is 3.00 bits per heavy atom. The molecule has 0 aliphatic carbocycles. The van der Waals surface area contributed by atoms with Gasteiger partial charge in [-0.15, -0.1) is 0 Å². The van der Waals surface area contributed by atoms with Gasteiger partial charge in [-0.1, -0.05) is 11.6 Å². The van der Waals surface area contributed by atoms with E-state index in [0.717, 1.165) is 18.5 Å². The molecule has 0 aromatic carbocycles. The van der Waals surface area contributed by atoms with E-state index in [1.54, 1.807) is 24.0 Å². The molecule has 17 heavy (non-hydrogen) atoms. The summed E-state index contributed by atoms with van der Waals surface area (Å²) in [5, 5.41) is 9.88. The topological polar surface area (TPSA) is 53.4 Å². The van der Waals surface area contributed by atoms with Crippen molar-refractivity contribution in [2.45, 2.75) is 25.9 Å². The summed E-state index contributed by atoms with van der Waals surface area (Å²) in [7, 11) is 0. The molecule has 1 N–H and O–H groups in total. The number of amides is 1. The van der Waals surface area contributed by atoms with Crippen LogP contribution in [0.3, 0.4) is 0 Å². The molecule has 5 heteroatoms. The maximum Gasteiger partial charge on any atom is 0.254 e. The fourth-order valence-electron chi connectivity index (χ4n) is 2.07. The fourth-order valence-corrected chi connectivity index (χ4v) is 2.32. The predicted octanol–water partition coefficient (Wildman–Crippen LogP) is 1.64. The van der Waals surface area contributed by atoms with E-state index in [1.165, 1.54) is 0 Å². The fraction of sp³-hybridized carbons (Fsp3) is 0.500. The molecule has 2 heterocycles. The van der Waals surface area contributed by atoms with Crippen molar-refractivity contribution in [2.24, 2.45) is 0 Å². The van der Waals surface area contributed by atoms with Crippen LogP contribution >= 0.6 is 11.6 Å². The number of aryl methyl sites for hydroxylation is 1. The number of aliphatic hydroxyl groups excluding tert-OH is 1. The van der Waals surface area contributed by atoms with Crippen LogP contribution in [0, 0.1) is 6.92 Å². The SMILES string of the molecule is Cc1cc(C(=O)N2CCCC(O)C2)cc(Cl)n1. The number of hydrogen-bond acceptors (Lipinski definition) is 3. The van der Waals surface area contributed by atoms with E-state index in [1.807, 2.05) is 0 Å². The Labute approximate surface area is 105 Å². The van der Waals surface area contributed by atoms with E-state index in [2.05, 4.69) is 4.98 Å². The lowest BCUT2D eigenvalue weighted by Gasteiger charge is -2.30. The lowest BCUT2D eigenvalue weighted by Crippen LogP contribution is -2.42. The number of hydrogen-bond donors (Lipinski definition) is 1. The highest BCUT2D eigenvalue weighted by Crippen LogP contribution is 2.16. The van der Waals surface area contributed by atoms with E-state index < -0.39 is 6.10 Å². The Morgan fingerprint density at radius 1 is 1.59 bits per heavy atom. The van der Waals surface area contributed by atoms with Crippen LogP contribution in [0.25, 0.3) is 0 Å². The first-order valence-electron chi connectivity index (χ1n) is 5.68. The summed E-state index contributed by atoms with van der Waals surface area (Å²) >= 11 is 5.83. The van der Waals surface area contributed by atoms with Crippen LogP contribution < -0.4 is 0 Å². The number of β-amino-alcohol motifs (C(OH)–C–C–N with tert-alkyl or cyclic N) is 1. The summed E-state index contributed by atoms with van der Waals surface area (Å²) in [5.74, 6) is -0.0869. The molecule has 0 spiro atoms. The van der Waals surface area contributed by atoms with Crippen LogP contribution in [-0.2, 0) is 0 Å². The average molecular weight is 255 g/mol. The third kappa shape index (κ3) is 2.96. The summed E-state index contributed by atoms with van der Waals surface area (Å²) in [5.41, 5.74) is 1.26. The Morgan fingerprint density at radius 2 is 2.35 bits per heavy atom. The van der Waals surface area contributed by atoms with Gasteiger partial charge >= 0.3 is 0 Å². The Balaban J connectivity index is 2.18. The average Bonchev–Trinajstić information content (AvgIpc) is 2.26. The third-order valence-corrected chi connectivity index (χ3v) is 3.05. The van der Waals surface area contributed by atoms with Crippen LogP contribution in [0.5, 0.6) is 0 Å². The number of nitrogens with zero attached hydrogens (tertiary/aromatic N) is 2. The van der Waals surface area contributed by atoms with Crippen molar-refractivity contribution in [1.29, 1.82) is 0 Å². The van der Waals surface area contributed by atoms with Gasteiger partial charge in [0.05, 0.1) is 6.10 Å². The van der Waals surface area contributed by atoms with Gasteiger partial charge in [0.25, 0.3) is 5.91 Å². The van der Waals surface area contributed by atoms with Crippen LogP contribution in [-0.4, -0.2) is 40.1 Å². The second-order valence-corrected chi connectivity index (χ2v) is 4.75. The smallest absolute Gasteiger partial charge is 0.254 e. The number of halogens is 1. The van der Waals surface area contributed by atoms with E-state index in [-0.39, 0.29) is 5.91 Å². The molecule has 2 rings (SSSR count). The van der Waals surface area contributed by atoms with Crippen LogP contribution in [0.15, 0.2) is 12.1 Å². The first-order chi connectivity index (χ1) is 8.06. The molecule has 1 amide bonds. The molecule has 0 saturated carbocycles. The van der Waals surface area contributed by atoms with Crippen LogP contribution in [0.4, 0.5) is 0 Å². The van der Waals surface area contributed by atoms with Crippen molar-refractivity contribution >= 4 is 17.5 Å². The molecule has 1 saturated heterocycles. The molecule has 4 nitrogen and oxygen atoms in total. The molecular formula is C12H15ClN2O2. The first kappa shape index (κ1) is 12.3. The number of pyridine rings is 1. The minimum Gasteiger partial charge on any atom is -0.391 e. The first-order valence-corrected chi connectivity index (χ1v) is 6.05. The van der Waals surface area contributed by atoms with Gasteiger partial charge < -0.3 is 10.0 Å². The standard InChI is InChI=1S/C12H15ClN2O2/c1-8-5-9(6-11(13)14-8)12(17)15-4-2-3-10(16)7-15/h5-6,10,16H,2-4,7H2,1H3. The lowest BCUT2D eigenvalue weighted by molar-refractivity contribution is 0.0473. The van der Waals surface area contributed by atoms with Gasteiger partial charge in [-0.05, 0) is 31.9 Å². The van der Waals surface area contributed by atoms with Crippen molar-refractivity contribution in [3.8, 4) is 0 Å². The molecule has 1 unspecified atom stereocenters. The maximum atomic E-state index is 12.2. The maximum absolute atomic E-state index is 12.2. The normalized spacial score (nSPS) is 20.4. The lowest BCUT2D eigenvalue weighted by atomic mass is 10.1. The number of aliphatic hydroxyl groups is 1. The Bertz CT molecular complexity index is 416. The molecule has 1 fully saturated rings. The Kier molecular flexibility index (Phi) is 3.64. The molecule has 1 aliphatic heterocycles. The highest BCUT2D eigenvalue weighted by Gasteiger charge is 2.23. The summed E-state index contributed by atoms with van der Waals surface area (Å²) < 4.78 is 0. The number of carbonyl (C=O) groups excluding carboxylic acids is 1. The van der Waals surface area contributed by atoms with Gasteiger partial charge in [-0.3, -0.25) is 4.79 Å². The summed E-state index contributed by atoms with van der Waals surface area (Å²) in [6.45, 7) is 2.89. The minimum atomic E-state index is -0.411. The van der Waals surface area contributed by atoms with Crippen LogP contribution in [0.1, 0.15) is 28.9 Å². The van der Waals surface area contributed by atoms with Gasteiger partial charge in [0.15, 0.2) is 0 Å². The predicted molar refractivity (Wildman–Crippen MR) is 65.1 cm³/mol. The zero-order valence-electron chi connectivity index (χ0n) is 9.69. The summed E-state index contributed by atoms with van der Waals surface area (Å²) in [6, 6.07) is 3.28. The van der Waals surface area contributed by atoms with Crippen molar-refractivity contribution in [2.75, 3.05) is 13.1 Å². The van der Waals surface area contributed by atoms with Gasteiger partial charge in [0.2, 0.25) is 0 Å². The van der Waals surface area contributed by atoms with E-state index >= 15 is 0 Å². The van der Waals surface area contributed by atoms with E-state index in [4.69, 9.17) is 11.6 Å². The second kappa shape index (κ2) is 5.02. The number of rotatable bonds is 1. The quantitative estimate of drug-likeness (QED) is 0.776. The Hall–Kier alpha value is -1.13. The molecule has 1 aliphatic rings. The van der Waals surface area contributed by atoms with Crippen molar-refractivity contribution in [3.05, 3.63) is 28.5 Å². The largest absolute Gasteiger partial charge is 0.391 e. The van der Waals surface area contributed by atoms with Gasteiger partial charge in [0, 0.05) is 24.3 Å². The molecule has 1 aromatic heterocycles. The number of aromatic nitrogens is 1. The molecule has 1 aromatic rings. The van der Waals surface area contributed by atoms with Crippen molar-refractivity contribution in [3.63, 3.8) is 0 Å². The number of likely N-dealkylation sites (tertiary alicyclic amines) is 1. The molecule has 92 valence electrons. The second-order valence-electron chi connectivity index (χ2n) is 4.37. The van der Waals surface area contributed by atoms with E-state index in [9.17, 15) is 9.90 Å².